The minimum Gasteiger partial charge on any atom is -0.434 e. The molecule has 0 saturated heterocycles. The van der Waals surface area contributed by atoms with Gasteiger partial charge in [0.05, 0.1) is 13.2 Å². The van der Waals surface area contributed by atoms with Crippen LogP contribution in [0.1, 0.15) is 51.4 Å². The van der Waals surface area contributed by atoms with Crippen LogP contribution < -0.4 is 0 Å². The third kappa shape index (κ3) is 15.6. The molecule has 0 aliphatic rings. The second-order valence-electron chi connectivity index (χ2n) is 4.48. The summed E-state index contributed by atoms with van der Waals surface area (Å²) in [5.74, 6) is 0. The number of hydrogen-bond donors (Lipinski definition) is 0. The van der Waals surface area contributed by atoms with Gasteiger partial charge in [0.1, 0.15) is 0 Å². The zero-order chi connectivity index (χ0) is 15.3. The molecule has 0 heterocycles. The van der Waals surface area contributed by atoms with Crippen molar-refractivity contribution in [2.75, 3.05) is 18.5 Å². The summed E-state index contributed by atoms with van der Waals surface area (Å²) in [6.07, 6.45) is -0.860. The first kappa shape index (κ1) is 19.5. The number of hydrogen-bond acceptors (Lipinski definition) is 3. The van der Waals surface area contributed by atoms with Gasteiger partial charge in [0, 0.05) is 11.8 Å². The Bertz CT molecular complexity index is 248. The molecule has 0 radical (unpaired) electrons. The Balaban J connectivity index is 3.21. The Morgan fingerprint density at radius 3 is 1.90 bits per heavy atom. The standard InChI is InChI=1S/C13H22BrF3O3/c14-9-5-7-11-20-12(18)19-10-6-3-1-2-4-8-13(15,16)17/h1-11H2. The first-order valence-corrected chi connectivity index (χ1v) is 8.00. The highest BCUT2D eigenvalue weighted by Gasteiger charge is 2.25. The third-order valence-electron chi connectivity index (χ3n) is 2.57. The van der Waals surface area contributed by atoms with E-state index in [-0.39, 0.29) is 13.0 Å². The quantitative estimate of drug-likeness (QED) is 0.287. The van der Waals surface area contributed by atoms with Gasteiger partial charge in [-0.3, -0.25) is 0 Å². The highest BCUT2D eigenvalue weighted by molar-refractivity contribution is 9.09. The second kappa shape index (κ2) is 12.3. The lowest BCUT2D eigenvalue weighted by atomic mass is 10.1. The third-order valence-corrected chi connectivity index (χ3v) is 3.13. The Hall–Kier alpha value is -0.460. The van der Waals surface area contributed by atoms with Gasteiger partial charge < -0.3 is 9.47 Å². The van der Waals surface area contributed by atoms with Gasteiger partial charge in [0.2, 0.25) is 0 Å². The van der Waals surface area contributed by atoms with Crippen LogP contribution in [0.25, 0.3) is 0 Å². The first-order chi connectivity index (χ1) is 9.45. The summed E-state index contributed by atoms with van der Waals surface area (Å²) in [6.45, 7) is 0.610. The van der Waals surface area contributed by atoms with E-state index in [2.05, 4.69) is 15.9 Å². The van der Waals surface area contributed by atoms with Crippen LogP contribution in [0.5, 0.6) is 0 Å². The molecule has 0 spiro atoms. The molecular formula is C13H22BrF3O3. The van der Waals surface area contributed by atoms with Crippen LogP contribution in [0.4, 0.5) is 18.0 Å². The van der Waals surface area contributed by atoms with E-state index in [1.54, 1.807) is 0 Å². The largest absolute Gasteiger partial charge is 0.508 e. The molecule has 7 heteroatoms. The number of carbonyl (C=O) groups is 1. The highest BCUT2D eigenvalue weighted by Crippen LogP contribution is 2.22. The van der Waals surface area contributed by atoms with Crippen LogP contribution in [0.15, 0.2) is 0 Å². The average Bonchev–Trinajstić information content (AvgIpc) is 2.36. The Labute approximate surface area is 126 Å². The van der Waals surface area contributed by atoms with Crippen LogP contribution in [-0.2, 0) is 9.47 Å². The zero-order valence-corrected chi connectivity index (χ0v) is 13.1. The van der Waals surface area contributed by atoms with E-state index in [9.17, 15) is 18.0 Å². The molecule has 0 unspecified atom stereocenters. The summed E-state index contributed by atoms with van der Waals surface area (Å²) in [5, 5.41) is 0.875. The molecule has 0 aromatic rings. The maximum Gasteiger partial charge on any atom is 0.508 e. The normalized spacial score (nSPS) is 11.4. The molecular weight excluding hydrogens is 341 g/mol. The number of ether oxygens (including phenoxy) is 2. The highest BCUT2D eigenvalue weighted by atomic mass is 79.9. The maximum atomic E-state index is 11.9. The summed E-state index contributed by atoms with van der Waals surface area (Å²) in [4.78, 5) is 11.1. The van der Waals surface area contributed by atoms with Crippen molar-refractivity contribution in [1.29, 1.82) is 0 Å². The van der Waals surface area contributed by atoms with Crippen LogP contribution >= 0.6 is 15.9 Å². The van der Waals surface area contributed by atoms with Gasteiger partial charge >= 0.3 is 12.3 Å². The average molecular weight is 363 g/mol. The fraction of sp³-hybridized carbons (Fsp3) is 0.923. The lowest BCUT2D eigenvalue weighted by Crippen LogP contribution is -2.09. The molecule has 0 atom stereocenters. The molecule has 0 saturated carbocycles. The van der Waals surface area contributed by atoms with Crippen molar-refractivity contribution in [1.82, 2.24) is 0 Å². The molecule has 0 aromatic heterocycles. The van der Waals surface area contributed by atoms with Gasteiger partial charge in [0.15, 0.2) is 0 Å². The molecule has 0 aromatic carbocycles. The molecule has 120 valence electrons. The van der Waals surface area contributed by atoms with E-state index in [4.69, 9.17) is 9.47 Å². The number of rotatable bonds is 11. The first-order valence-electron chi connectivity index (χ1n) is 6.88. The lowest BCUT2D eigenvalue weighted by molar-refractivity contribution is -0.135. The van der Waals surface area contributed by atoms with E-state index in [0.717, 1.165) is 31.0 Å². The van der Waals surface area contributed by atoms with Crippen molar-refractivity contribution in [2.45, 2.75) is 57.5 Å². The Kier molecular flexibility index (Phi) is 12.0. The molecule has 0 aliphatic carbocycles. The van der Waals surface area contributed by atoms with Crippen molar-refractivity contribution in [2.24, 2.45) is 0 Å². The molecule has 3 nitrogen and oxygen atoms in total. The number of carbonyl (C=O) groups excluding carboxylic acids is 1. The Morgan fingerprint density at radius 2 is 1.35 bits per heavy atom. The van der Waals surface area contributed by atoms with Gasteiger partial charge in [-0.2, -0.15) is 13.2 Å². The molecule has 0 aliphatic heterocycles. The SMILES string of the molecule is O=C(OCCCCBr)OCCCCCCCC(F)(F)F. The molecule has 0 rings (SSSR count). The second-order valence-corrected chi connectivity index (χ2v) is 5.27. The number of unbranched alkanes of at least 4 members (excludes halogenated alkanes) is 5. The maximum absolute atomic E-state index is 11.9. The summed E-state index contributed by atoms with van der Waals surface area (Å²) in [7, 11) is 0. The van der Waals surface area contributed by atoms with Crippen molar-refractivity contribution in [3.63, 3.8) is 0 Å². The van der Waals surface area contributed by atoms with Crippen LogP contribution in [0.2, 0.25) is 0 Å². The van der Waals surface area contributed by atoms with Gasteiger partial charge in [-0.1, -0.05) is 35.2 Å². The van der Waals surface area contributed by atoms with E-state index < -0.39 is 18.8 Å². The molecule has 0 fully saturated rings. The van der Waals surface area contributed by atoms with Crippen molar-refractivity contribution >= 4 is 22.1 Å². The van der Waals surface area contributed by atoms with Gasteiger partial charge in [-0.15, -0.1) is 0 Å². The van der Waals surface area contributed by atoms with Gasteiger partial charge in [-0.05, 0) is 25.7 Å². The number of halogens is 4. The van der Waals surface area contributed by atoms with Crippen molar-refractivity contribution in [3.8, 4) is 0 Å². The lowest BCUT2D eigenvalue weighted by Gasteiger charge is -2.07. The topological polar surface area (TPSA) is 35.5 Å². The molecule has 0 N–H and O–H groups in total. The monoisotopic (exact) mass is 362 g/mol. The zero-order valence-electron chi connectivity index (χ0n) is 11.5. The molecule has 0 bridgehead atoms. The van der Waals surface area contributed by atoms with Crippen molar-refractivity contribution in [3.05, 3.63) is 0 Å². The van der Waals surface area contributed by atoms with E-state index in [1.807, 2.05) is 0 Å². The van der Waals surface area contributed by atoms with Gasteiger partial charge in [0.25, 0.3) is 0 Å². The van der Waals surface area contributed by atoms with Gasteiger partial charge in [-0.25, -0.2) is 4.79 Å². The van der Waals surface area contributed by atoms with E-state index in [0.29, 0.717) is 19.4 Å². The Morgan fingerprint density at radius 1 is 0.850 bits per heavy atom. The van der Waals surface area contributed by atoms with Crippen molar-refractivity contribution < 1.29 is 27.4 Å². The summed E-state index contributed by atoms with van der Waals surface area (Å²) in [5.41, 5.74) is 0. The van der Waals surface area contributed by atoms with Crippen LogP contribution in [-0.4, -0.2) is 30.9 Å². The predicted molar refractivity (Wildman–Crippen MR) is 74.1 cm³/mol. The summed E-state index contributed by atoms with van der Waals surface area (Å²) >= 11 is 3.27. The molecule has 20 heavy (non-hydrogen) atoms. The van der Waals surface area contributed by atoms with Crippen LogP contribution in [0.3, 0.4) is 0 Å². The van der Waals surface area contributed by atoms with E-state index in [1.165, 1.54) is 0 Å². The summed E-state index contributed by atoms with van der Waals surface area (Å²) < 4.78 is 45.2. The fourth-order valence-corrected chi connectivity index (χ4v) is 1.90. The minimum atomic E-state index is -4.05. The smallest absolute Gasteiger partial charge is 0.434 e. The minimum absolute atomic E-state index is 0.167. The molecule has 0 amide bonds. The number of alkyl halides is 4. The van der Waals surface area contributed by atoms with Crippen LogP contribution in [0, 0.1) is 0 Å². The van der Waals surface area contributed by atoms with E-state index >= 15 is 0 Å². The predicted octanol–water partition coefficient (Wildman–Crippen LogP) is 5.22. The fourth-order valence-electron chi connectivity index (χ4n) is 1.51. The summed E-state index contributed by atoms with van der Waals surface area (Å²) in [6, 6.07) is 0.